The highest BCUT2D eigenvalue weighted by Gasteiger charge is 2.47. The summed E-state index contributed by atoms with van der Waals surface area (Å²) in [6.07, 6.45) is 5.79. The minimum absolute atomic E-state index is 0.0882. The molecule has 8 heteroatoms. The van der Waals surface area contributed by atoms with Crippen LogP contribution in [-0.2, 0) is 39.1 Å². The van der Waals surface area contributed by atoms with E-state index in [0.717, 1.165) is 72.9 Å². The van der Waals surface area contributed by atoms with E-state index in [1.54, 1.807) is 9.80 Å². The van der Waals surface area contributed by atoms with E-state index in [1.165, 1.54) is 29.7 Å². The van der Waals surface area contributed by atoms with Crippen LogP contribution < -0.4 is 5.32 Å². The number of benzene rings is 3. The van der Waals surface area contributed by atoms with E-state index in [1.807, 2.05) is 0 Å². The Kier molecular flexibility index (Phi) is 13.2. The number of β-amino-alcohol motifs (C(OH)–C–C–N with tert-alkyl or cyclic N) is 1. The number of carbonyl (C=O) groups is 3. The van der Waals surface area contributed by atoms with Gasteiger partial charge in [0.25, 0.3) is 0 Å². The fourth-order valence-electron chi connectivity index (χ4n) is 9.80. The van der Waals surface area contributed by atoms with E-state index in [4.69, 9.17) is 0 Å². The van der Waals surface area contributed by atoms with Gasteiger partial charge in [0.2, 0.25) is 17.7 Å². The Labute approximate surface area is 329 Å². The van der Waals surface area contributed by atoms with Crippen molar-refractivity contribution in [3.8, 4) is 0 Å². The number of nitrogens with one attached hydrogen (secondary N) is 1. The number of hydrogen-bond donors (Lipinski definition) is 2. The number of nitrogens with zero attached hydrogens (tertiary/aromatic N) is 3. The fraction of sp³-hybridized carbons (Fsp3) is 0.553. The van der Waals surface area contributed by atoms with Crippen LogP contribution in [0.3, 0.4) is 0 Å². The number of amides is 3. The number of likely N-dealkylation sites (tertiary alicyclic amines) is 3. The predicted octanol–water partition coefficient (Wildman–Crippen LogP) is 6.43. The van der Waals surface area contributed by atoms with E-state index in [0.29, 0.717) is 25.4 Å². The second kappa shape index (κ2) is 17.8. The number of aliphatic hydroxyl groups excluding tert-OH is 1. The average molecular weight is 750 g/mol. The van der Waals surface area contributed by atoms with Gasteiger partial charge in [-0.15, -0.1) is 0 Å². The second-order valence-corrected chi connectivity index (χ2v) is 16.5. The van der Waals surface area contributed by atoms with E-state index in [9.17, 15) is 19.5 Å². The van der Waals surface area contributed by atoms with Crippen molar-refractivity contribution in [2.75, 3.05) is 45.8 Å². The molecule has 0 radical (unpaired) electrons. The van der Waals surface area contributed by atoms with Gasteiger partial charge >= 0.3 is 0 Å². The number of hydrogen-bond acceptors (Lipinski definition) is 4. The van der Waals surface area contributed by atoms with E-state index in [2.05, 4.69) is 113 Å². The maximum Gasteiger partial charge on any atom is 0.246 e. The van der Waals surface area contributed by atoms with Gasteiger partial charge in [-0.25, -0.2) is 0 Å². The summed E-state index contributed by atoms with van der Waals surface area (Å²) >= 11 is 0. The van der Waals surface area contributed by atoms with Gasteiger partial charge in [0, 0.05) is 38.4 Å². The van der Waals surface area contributed by atoms with Crippen LogP contribution >= 0.6 is 0 Å². The highest BCUT2D eigenvalue weighted by molar-refractivity contribution is 5.93. The number of piperidine rings is 1. The number of aryl methyl sites for hydroxylation is 3. The largest absolute Gasteiger partial charge is 0.391 e. The zero-order chi connectivity index (χ0) is 39.2. The summed E-state index contributed by atoms with van der Waals surface area (Å²) in [6, 6.07) is 24.4. The van der Waals surface area contributed by atoms with Crippen LogP contribution in [0.4, 0.5) is 0 Å². The Morgan fingerprint density at radius 2 is 1.25 bits per heavy atom. The highest BCUT2D eigenvalue weighted by Crippen LogP contribution is 2.44. The number of rotatable bonds is 14. The lowest BCUT2D eigenvalue weighted by atomic mass is 9.66. The molecule has 3 aromatic rings. The maximum atomic E-state index is 15.0. The van der Waals surface area contributed by atoms with Crippen molar-refractivity contribution in [2.45, 2.75) is 116 Å². The molecule has 0 saturated carbocycles. The summed E-state index contributed by atoms with van der Waals surface area (Å²) in [5.41, 5.74) is 5.85. The molecule has 3 heterocycles. The number of carbonyl (C=O) groups excluding carboxylic acids is 3. The van der Waals surface area contributed by atoms with Crippen molar-refractivity contribution in [3.05, 3.63) is 106 Å². The lowest BCUT2D eigenvalue weighted by Crippen LogP contribution is -2.56. The third kappa shape index (κ3) is 8.56. The van der Waals surface area contributed by atoms with Crippen molar-refractivity contribution in [2.24, 2.45) is 5.92 Å². The minimum atomic E-state index is -0.843. The first-order valence-corrected chi connectivity index (χ1v) is 21.3. The van der Waals surface area contributed by atoms with Gasteiger partial charge in [-0.1, -0.05) is 93.6 Å². The number of aliphatic hydroxyl groups is 1. The molecule has 2 N–H and O–H groups in total. The third-order valence-electron chi connectivity index (χ3n) is 13.5. The second-order valence-electron chi connectivity index (χ2n) is 16.5. The molecule has 3 aliphatic rings. The summed E-state index contributed by atoms with van der Waals surface area (Å²) in [4.78, 5) is 46.6. The van der Waals surface area contributed by atoms with E-state index >= 15 is 0 Å². The van der Waals surface area contributed by atoms with E-state index < -0.39 is 23.6 Å². The topological polar surface area (TPSA) is 90.0 Å². The molecule has 3 fully saturated rings. The average Bonchev–Trinajstić information content (AvgIpc) is 3.89. The van der Waals surface area contributed by atoms with Gasteiger partial charge in [0.1, 0.15) is 12.1 Å². The van der Waals surface area contributed by atoms with Crippen LogP contribution in [0, 0.1) is 5.92 Å². The van der Waals surface area contributed by atoms with Crippen molar-refractivity contribution in [1.29, 1.82) is 0 Å². The molecule has 0 bridgehead atoms. The molecule has 296 valence electrons. The van der Waals surface area contributed by atoms with Crippen molar-refractivity contribution < 1.29 is 24.0 Å². The van der Waals surface area contributed by atoms with Crippen LogP contribution in [-0.4, -0.2) is 101 Å². The van der Waals surface area contributed by atoms with Gasteiger partial charge in [-0.05, 0) is 92.2 Å². The summed E-state index contributed by atoms with van der Waals surface area (Å²) in [7, 11) is 0. The summed E-state index contributed by atoms with van der Waals surface area (Å²) < 4.78 is 1.10. The zero-order valence-corrected chi connectivity index (χ0v) is 34.1. The molecule has 0 unspecified atom stereocenters. The van der Waals surface area contributed by atoms with E-state index in [-0.39, 0.29) is 37.1 Å². The van der Waals surface area contributed by atoms with Gasteiger partial charge in [0.15, 0.2) is 0 Å². The summed E-state index contributed by atoms with van der Waals surface area (Å²) in [6.45, 7) is 16.6. The Balaban J connectivity index is 1.28. The molecular formula is C47H65N4O4+. The Morgan fingerprint density at radius 3 is 1.75 bits per heavy atom. The van der Waals surface area contributed by atoms with Crippen molar-refractivity contribution >= 4 is 17.7 Å². The molecule has 8 nitrogen and oxygen atoms in total. The Morgan fingerprint density at radius 1 is 0.727 bits per heavy atom. The molecule has 0 aliphatic carbocycles. The van der Waals surface area contributed by atoms with Gasteiger partial charge in [0.05, 0.1) is 37.7 Å². The first kappa shape index (κ1) is 40.6. The standard InChI is InChI=1S/C47H64N4O4/c1-6-34-15-21-38(22-16-34)47(39-23-17-35(7-2)18-24-39,40-25-19-36(8-3)20-26-40)30-44(53)50-32-41(52)29-43(50)46(55)49-27-11-14-42(49)45(54)48-31-37-13-12-28-51(9-4,10-5)33-37/h15-26,37,41-43,52H,6-14,27-33H2,1-5H3/p+1/t37-,41+,42+,43-/m0/s1. The monoisotopic (exact) mass is 750 g/mol. The lowest BCUT2D eigenvalue weighted by Gasteiger charge is -2.43. The fourth-order valence-corrected chi connectivity index (χ4v) is 9.80. The van der Waals surface area contributed by atoms with Crippen LogP contribution in [0.1, 0.15) is 107 Å². The van der Waals surface area contributed by atoms with Crippen molar-refractivity contribution in [3.63, 3.8) is 0 Å². The highest BCUT2D eigenvalue weighted by atomic mass is 16.3. The first-order chi connectivity index (χ1) is 26.6. The van der Waals surface area contributed by atoms with Gasteiger partial charge in [-0.2, -0.15) is 0 Å². The molecule has 4 atom stereocenters. The quantitative estimate of drug-likeness (QED) is 0.147. The SMILES string of the molecule is CCc1ccc(C(CC(=O)N2C[C@H](O)C[C@H]2C(=O)N2CCC[C@@H]2C(=O)NC[C@@H]2CCC[N+](CC)(CC)C2)(c2ccc(CC)cc2)c2ccc(CC)cc2)cc1. The van der Waals surface area contributed by atoms with Crippen LogP contribution in [0.2, 0.25) is 0 Å². The smallest absolute Gasteiger partial charge is 0.246 e. The predicted molar refractivity (Wildman–Crippen MR) is 220 cm³/mol. The summed E-state index contributed by atoms with van der Waals surface area (Å²) in [5.74, 6) is -0.0829. The molecule has 0 spiro atoms. The van der Waals surface area contributed by atoms with Crippen LogP contribution in [0.5, 0.6) is 0 Å². The third-order valence-corrected chi connectivity index (χ3v) is 13.5. The molecular weight excluding hydrogens is 685 g/mol. The molecule has 3 aromatic carbocycles. The molecule has 6 rings (SSSR count). The van der Waals surface area contributed by atoms with Gasteiger partial charge < -0.3 is 24.7 Å². The Hall–Kier alpha value is -4.01. The number of quaternary nitrogens is 1. The molecule has 0 aromatic heterocycles. The molecule has 3 aliphatic heterocycles. The minimum Gasteiger partial charge on any atom is -0.391 e. The normalized spacial score (nSPS) is 22.5. The first-order valence-electron chi connectivity index (χ1n) is 21.3. The van der Waals surface area contributed by atoms with Crippen molar-refractivity contribution in [1.82, 2.24) is 15.1 Å². The zero-order valence-electron chi connectivity index (χ0n) is 34.1. The van der Waals surface area contributed by atoms with Crippen LogP contribution in [0.15, 0.2) is 72.8 Å². The molecule has 3 amide bonds. The maximum absolute atomic E-state index is 15.0. The molecule has 55 heavy (non-hydrogen) atoms. The Bertz CT molecular complexity index is 1640. The summed E-state index contributed by atoms with van der Waals surface area (Å²) in [5, 5.41) is 14.3. The molecule has 3 saturated heterocycles. The lowest BCUT2D eigenvalue weighted by molar-refractivity contribution is -0.932. The van der Waals surface area contributed by atoms with Gasteiger partial charge in [-0.3, -0.25) is 14.4 Å². The van der Waals surface area contributed by atoms with Crippen LogP contribution in [0.25, 0.3) is 0 Å².